The smallest absolute Gasteiger partial charge is 0.145 e. The molecule has 0 atom stereocenters. The third-order valence-corrected chi connectivity index (χ3v) is 3.98. The maximum absolute atomic E-state index is 14.3. The summed E-state index contributed by atoms with van der Waals surface area (Å²) in [5, 5.41) is 0. The molecular weight excluding hydrogens is 343 g/mol. The second-order valence-corrected chi connectivity index (χ2v) is 5.73. The van der Waals surface area contributed by atoms with Crippen LogP contribution in [-0.2, 0) is 6.61 Å². The van der Waals surface area contributed by atoms with Gasteiger partial charge < -0.3 is 4.74 Å². The molecule has 0 amide bonds. The van der Waals surface area contributed by atoms with Crippen molar-refractivity contribution in [2.45, 2.75) is 6.61 Å². The molecule has 3 rings (SSSR count). The Kier molecular flexibility index (Phi) is 4.54. The van der Waals surface area contributed by atoms with Crippen LogP contribution in [0.2, 0.25) is 0 Å². The number of benzene rings is 3. The molecule has 0 saturated carbocycles. The van der Waals surface area contributed by atoms with Crippen LogP contribution in [0.25, 0.3) is 11.1 Å². The van der Waals surface area contributed by atoms with Crippen molar-refractivity contribution in [3.05, 3.63) is 88.6 Å². The summed E-state index contributed by atoms with van der Waals surface area (Å²) in [4.78, 5) is 0. The quantitative estimate of drug-likeness (QED) is 0.570. The number of rotatable bonds is 4. The van der Waals surface area contributed by atoms with Gasteiger partial charge in [-0.15, -0.1) is 0 Å². The van der Waals surface area contributed by atoms with E-state index in [4.69, 9.17) is 4.74 Å². The Bertz CT molecular complexity index is 771. The predicted molar refractivity (Wildman–Crippen MR) is 90.3 cm³/mol. The molecule has 0 aliphatic carbocycles. The van der Waals surface area contributed by atoms with E-state index in [2.05, 4.69) is 15.9 Å². The monoisotopic (exact) mass is 356 g/mol. The average Bonchev–Trinajstić information content (AvgIpc) is 2.57. The van der Waals surface area contributed by atoms with Crippen molar-refractivity contribution in [3.63, 3.8) is 0 Å². The minimum atomic E-state index is -0.279. The summed E-state index contributed by atoms with van der Waals surface area (Å²) >= 11 is 3.23. The highest BCUT2D eigenvalue weighted by molar-refractivity contribution is 9.10. The molecule has 0 radical (unpaired) electrons. The SMILES string of the molecule is Fc1c(Br)cccc1-c1ccccc1OCc1ccccc1. The lowest BCUT2D eigenvalue weighted by Crippen LogP contribution is -1.97. The molecule has 0 aromatic heterocycles. The van der Waals surface area contributed by atoms with E-state index in [0.717, 1.165) is 11.1 Å². The first-order valence-electron chi connectivity index (χ1n) is 6.96. The van der Waals surface area contributed by atoms with Crippen LogP contribution in [0.15, 0.2) is 77.3 Å². The molecule has 3 aromatic carbocycles. The highest BCUT2D eigenvalue weighted by atomic mass is 79.9. The molecule has 0 heterocycles. The Hall–Kier alpha value is -2.13. The zero-order valence-corrected chi connectivity index (χ0v) is 13.4. The van der Waals surface area contributed by atoms with Crippen molar-refractivity contribution in [2.24, 2.45) is 0 Å². The Morgan fingerprint density at radius 1 is 0.773 bits per heavy atom. The molecule has 0 fully saturated rings. The van der Waals surface area contributed by atoms with Gasteiger partial charge in [0.2, 0.25) is 0 Å². The van der Waals surface area contributed by atoms with Crippen LogP contribution in [0.5, 0.6) is 5.75 Å². The minimum Gasteiger partial charge on any atom is -0.488 e. The lowest BCUT2D eigenvalue weighted by molar-refractivity contribution is 0.307. The van der Waals surface area contributed by atoms with E-state index >= 15 is 0 Å². The van der Waals surface area contributed by atoms with E-state index in [1.165, 1.54) is 0 Å². The fourth-order valence-electron chi connectivity index (χ4n) is 2.26. The van der Waals surface area contributed by atoms with Crippen LogP contribution < -0.4 is 4.74 Å². The number of hydrogen-bond acceptors (Lipinski definition) is 1. The highest BCUT2D eigenvalue weighted by Gasteiger charge is 2.12. The number of para-hydroxylation sites is 1. The zero-order chi connectivity index (χ0) is 15.4. The fourth-order valence-corrected chi connectivity index (χ4v) is 2.63. The third kappa shape index (κ3) is 3.20. The van der Waals surface area contributed by atoms with Gasteiger partial charge in [0, 0.05) is 11.1 Å². The van der Waals surface area contributed by atoms with Gasteiger partial charge in [0.15, 0.2) is 0 Å². The molecule has 0 unspecified atom stereocenters. The fraction of sp³-hybridized carbons (Fsp3) is 0.0526. The van der Waals surface area contributed by atoms with Crippen molar-refractivity contribution in [1.29, 1.82) is 0 Å². The number of ether oxygens (including phenoxy) is 1. The standard InChI is InChI=1S/C19H14BrFO/c20-17-11-6-10-16(19(17)21)15-9-4-5-12-18(15)22-13-14-7-2-1-3-8-14/h1-12H,13H2. The first kappa shape index (κ1) is 14.8. The van der Waals surface area contributed by atoms with E-state index < -0.39 is 0 Å². The normalized spacial score (nSPS) is 10.5. The van der Waals surface area contributed by atoms with Crippen LogP contribution in [0, 0.1) is 5.82 Å². The van der Waals surface area contributed by atoms with Crippen molar-refractivity contribution in [1.82, 2.24) is 0 Å². The van der Waals surface area contributed by atoms with E-state index in [0.29, 0.717) is 22.4 Å². The molecule has 0 aliphatic rings. The molecular formula is C19H14BrFO. The molecule has 0 bridgehead atoms. The van der Waals surface area contributed by atoms with Crippen LogP contribution in [-0.4, -0.2) is 0 Å². The maximum Gasteiger partial charge on any atom is 0.145 e. The summed E-state index contributed by atoms with van der Waals surface area (Å²) in [6.45, 7) is 0.452. The summed E-state index contributed by atoms with van der Waals surface area (Å²) in [7, 11) is 0. The summed E-state index contributed by atoms with van der Waals surface area (Å²) in [6, 6.07) is 22.7. The van der Waals surface area contributed by atoms with Crippen LogP contribution in [0.4, 0.5) is 4.39 Å². The number of halogens is 2. The van der Waals surface area contributed by atoms with E-state index in [-0.39, 0.29) is 5.82 Å². The molecule has 1 nitrogen and oxygen atoms in total. The maximum atomic E-state index is 14.3. The first-order valence-corrected chi connectivity index (χ1v) is 7.75. The van der Waals surface area contributed by atoms with Gasteiger partial charge in [0.05, 0.1) is 4.47 Å². The summed E-state index contributed by atoms with van der Waals surface area (Å²) in [6.07, 6.45) is 0. The topological polar surface area (TPSA) is 9.23 Å². The predicted octanol–water partition coefficient (Wildman–Crippen LogP) is 5.83. The molecule has 3 aromatic rings. The Morgan fingerprint density at radius 3 is 2.27 bits per heavy atom. The third-order valence-electron chi connectivity index (χ3n) is 3.37. The van der Waals surface area contributed by atoms with Crippen LogP contribution in [0.1, 0.15) is 5.56 Å². The van der Waals surface area contributed by atoms with Gasteiger partial charge in [-0.2, -0.15) is 0 Å². The van der Waals surface area contributed by atoms with Crippen molar-refractivity contribution in [3.8, 4) is 16.9 Å². The molecule has 22 heavy (non-hydrogen) atoms. The summed E-state index contributed by atoms with van der Waals surface area (Å²) in [5.41, 5.74) is 2.35. The lowest BCUT2D eigenvalue weighted by Gasteiger charge is -2.13. The largest absolute Gasteiger partial charge is 0.488 e. The Morgan fingerprint density at radius 2 is 1.45 bits per heavy atom. The second-order valence-electron chi connectivity index (χ2n) is 4.87. The van der Waals surface area contributed by atoms with Gasteiger partial charge in [-0.1, -0.05) is 60.7 Å². The van der Waals surface area contributed by atoms with Gasteiger partial charge in [-0.25, -0.2) is 4.39 Å². The zero-order valence-electron chi connectivity index (χ0n) is 11.8. The molecule has 0 saturated heterocycles. The molecule has 0 aliphatic heterocycles. The molecule has 0 spiro atoms. The molecule has 110 valence electrons. The van der Waals surface area contributed by atoms with Gasteiger partial charge in [-0.3, -0.25) is 0 Å². The minimum absolute atomic E-state index is 0.279. The Balaban J connectivity index is 1.92. The van der Waals surface area contributed by atoms with Gasteiger partial charge in [0.1, 0.15) is 18.2 Å². The van der Waals surface area contributed by atoms with Crippen LogP contribution in [0.3, 0.4) is 0 Å². The van der Waals surface area contributed by atoms with Gasteiger partial charge in [0.25, 0.3) is 0 Å². The van der Waals surface area contributed by atoms with E-state index in [9.17, 15) is 4.39 Å². The molecule has 0 N–H and O–H groups in total. The molecule has 3 heteroatoms. The van der Waals surface area contributed by atoms with E-state index in [1.54, 1.807) is 12.1 Å². The lowest BCUT2D eigenvalue weighted by atomic mass is 10.0. The van der Waals surface area contributed by atoms with E-state index in [1.807, 2.05) is 60.7 Å². The second kappa shape index (κ2) is 6.75. The van der Waals surface area contributed by atoms with Crippen molar-refractivity contribution >= 4 is 15.9 Å². The average molecular weight is 357 g/mol. The summed E-state index contributed by atoms with van der Waals surface area (Å²) in [5.74, 6) is 0.390. The summed E-state index contributed by atoms with van der Waals surface area (Å²) < 4.78 is 20.7. The van der Waals surface area contributed by atoms with Crippen molar-refractivity contribution < 1.29 is 9.13 Å². The van der Waals surface area contributed by atoms with Crippen molar-refractivity contribution in [2.75, 3.05) is 0 Å². The highest BCUT2D eigenvalue weighted by Crippen LogP contribution is 2.34. The Labute approximate surface area is 137 Å². The van der Waals surface area contributed by atoms with Crippen LogP contribution >= 0.6 is 15.9 Å². The first-order chi connectivity index (χ1) is 10.8. The van der Waals surface area contributed by atoms with Gasteiger partial charge >= 0.3 is 0 Å². The van der Waals surface area contributed by atoms with Gasteiger partial charge in [-0.05, 0) is 33.6 Å². The number of hydrogen-bond donors (Lipinski definition) is 0.